The van der Waals surface area contributed by atoms with E-state index < -0.39 is 0 Å². The Morgan fingerprint density at radius 1 is 1.26 bits per heavy atom. The van der Waals surface area contributed by atoms with Gasteiger partial charge < -0.3 is 10.1 Å². The van der Waals surface area contributed by atoms with Gasteiger partial charge in [0.25, 0.3) is 0 Å². The lowest BCUT2D eigenvalue weighted by atomic mass is 10.0. The predicted molar refractivity (Wildman–Crippen MR) is 110 cm³/mol. The van der Waals surface area contributed by atoms with Gasteiger partial charge in [0, 0.05) is 18.5 Å². The van der Waals surface area contributed by atoms with Gasteiger partial charge in [-0.2, -0.15) is 0 Å². The zero-order chi connectivity index (χ0) is 19.4. The lowest BCUT2D eigenvalue weighted by Gasteiger charge is -2.25. The van der Waals surface area contributed by atoms with E-state index in [9.17, 15) is 9.59 Å². The summed E-state index contributed by atoms with van der Waals surface area (Å²) in [7, 11) is 1.49. The molecule has 1 fully saturated rings. The van der Waals surface area contributed by atoms with E-state index in [0.717, 1.165) is 11.3 Å². The lowest BCUT2D eigenvalue weighted by Crippen LogP contribution is -2.27. The van der Waals surface area contributed by atoms with Gasteiger partial charge in [-0.15, -0.1) is 11.8 Å². The molecule has 0 saturated carbocycles. The summed E-state index contributed by atoms with van der Waals surface area (Å²) in [5, 5.41) is 2.71. The molecular weight excluding hydrogens is 360 g/mol. The fourth-order valence-electron chi connectivity index (χ4n) is 3.07. The van der Waals surface area contributed by atoms with Gasteiger partial charge in [-0.1, -0.05) is 38.1 Å². The molecule has 1 N–H and O–H groups in total. The van der Waals surface area contributed by atoms with E-state index in [0.29, 0.717) is 17.4 Å². The number of anilines is 2. The number of benzene rings is 2. The molecule has 2 aromatic rings. The monoisotopic (exact) mass is 384 g/mol. The van der Waals surface area contributed by atoms with Crippen LogP contribution in [0.15, 0.2) is 48.5 Å². The summed E-state index contributed by atoms with van der Waals surface area (Å²) < 4.78 is 4.85. The minimum atomic E-state index is -0.203. The van der Waals surface area contributed by atoms with Gasteiger partial charge in [-0.3, -0.25) is 14.5 Å². The number of methoxy groups -OCH3 is 1. The molecule has 1 saturated heterocycles. The molecule has 2 aromatic carbocycles. The standard InChI is InChI=1S/C21H24N2O3S/c1-14(2)15-7-9-18(10-8-15)23-20(25)13-27-21(23)16-5-4-6-17(11-16)22-19(24)12-26-3/h4-11,14,21H,12-13H2,1-3H3,(H,22,24)/t21-/m0/s1. The van der Waals surface area contributed by atoms with Crippen molar-refractivity contribution in [2.75, 3.05) is 29.7 Å². The normalized spacial score (nSPS) is 16.8. The summed E-state index contributed by atoms with van der Waals surface area (Å²) in [6.45, 7) is 4.31. The number of nitrogens with zero attached hydrogens (tertiary/aromatic N) is 1. The second kappa shape index (κ2) is 8.59. The molecule has 6 heteroatoms. The Bertz CT molecular complexity index is 820. The van der Waals surface area contributed by atoms with Crippen LogP contribution in [0.25, 0.3) is 0 Å². The number of amides is 2. The van der Waals surface area contributed by atoms with Crippen LogP contribution in [0.1, 0.15) is 36.3 Å². The van der Waals surface area contributed by atoms with Crippen molar-refractivity contribution in [3.63, 3.8) is 0 Å². The maximum Gasteiger partial charge on any atom is 0.250 e. The molecule has 1 heterocycles. The Kier molecular flexibility index (Phi) is 6.19. The van der Waals surface area contributed by atoms with Crippen molar-refractivity contribution in [2.24, 2.45) is 0 Å². The van der Waals surface area contributed by atoms with Crippen LogP contribution in [0, 0.1) is 0 Å². The number of nitrogens with one attached hydrogen (secondary N) is 1. The van der Waals surface area contributed by atoms with Gasteiger partial charge >= 0.3 is 0 Å². The number of ether oxygens (including phenoxy) is 1. The molecule has 1 aliphatic heterocycles. The van der Waals surface area contributed by atoms with Gasteiger partial charge in [-0.25, -0.2) is 0 Å². The average Bonchev–Trinajstić information content (AvgIpc) is 3.03. The van der Waals surface area contributed by atoms with Crippen LogP contribution in [0.2, 0.25) is 0 Å². The summed E-state index contributed by atoms with van der Waals surface area (Å²) >= 11 is 1.59. The Balaban J connectivity index is 1.84. The SMILES string of the molecule is COCC(=O)Nc1cccc([C@@H]2SCC(=O)N2c2ccc(C(C)C)cc2)c1. The van der Waals surface area contributed by atoms with Gasteiger partial charge in [0.15, 0.2) is 0 Å². The highest BCUT2D eigenvalue weighted by atomic mass is 32.2. The molecule has 0 unspecified atom stereocenters. The molecule has 1 atom stereocenters. The molecule has 1 aliphatic rings. The molecule has 0 bridgehead atoms. The van der Waals surface area contributed by atoms with Gasteiger partial charge in [0.05, 0.1) is 5.75 Å². The molecule has 0 radical (unpaired) electrons. The topological polar surface area (TPSA) is 58.6 Å². The van der Waals surface area contributed by atoms with E-state index in [1.165, 1.54) is 12.7 Å². The maximum atomic E-state index is 12.5. The third-order valence-corrected chi connectivity index (χ3v) is 5.65. The van der Waals surface area contributed by atoms with Crippen molar-refractivity contribution in [1.82, 2.24) is 0 Å². The Labute approximate surface area is 164 Å². The number of thioether (sulfide) groups is 1. The smallest absolute Gasteiger partial charge is 0.250 e. The van der Waals surface area contributed by atoms with Crippen LogP contribution in [-0.4, -0.2) is 31.3 Å². The highest BCUT2D eigenvalue weighted by Gasteiger charge is 2.34. The molecule has 0 aliphatic carbocycles. The molecule has 142 valence electrons. The van der Waals surface area contributed by atoms with E-state index in [4.69, 9.17) is 4.74 Å². The second-order valence-electron chi connectivity index (χ2n) is 6.78. The molecule has 0 spiro atoms. The van der Waals surface area contributed by atoms with Crippen LogP contribution in [-0.2, 0) is 14.3 Å². The average molecular weight is 385 g/mol. The minimum Gasteiger partial charge on any atom is -0.375 e. The van der Waals surface area contributed by atoms with Crippen LogP contribution < -0.4 is 10.2 Å². The first-order valence-corrected chi connectivity index (χ1v) is 9.97. The lowest BCUT2D eigenvalue weighted by molar-refractivity contribution is -0.119. The zero-order valence-electron chi connectivity index (χ0n) is 15.8. The van der Waals surface area contributed by atoms with E-state index in [-0.39, 0.29) is 23.8 Å². The van der Waals surface area contributed by atoms with Crippen LogP contribution in [0.5, 0.6) is 0 Å². The van der Waals surface area contributed by atoms with E-state index in [2.05, 4.69) is 31.3 Å². The quantitative estimate of drug-likeness (QED) is 0.812. The van der Waals surface area contributed by atoms with Crippen molar-refractivity contribution >= 4 is 35.0 Å². The highest BCUT2D eigenvalue weighted by Crippen LogP contribution is 2.42. The van der Waals surface area contributed by atoms with Crippen molar-refractivity contribution in [3.05, 3.63) is 59.7 Å². The number of hydrogen-bond acceptors (Lipinski definition) is 4. The second-order valence-corrected chi connectivity index (χ2v) is 7.85. The predicted octanol–water partition coefficient (Wildman–Crippen LogP) is 4.17. The molecule has 3 rings (SSSR count). The fraction of sp³-hybridized carbons (Fsp3) is 0.333. The molecule has 0 aromatic heterocycles. The number of carbonyl (C=O) groups excluding carboxylic acids is 2. The number of carbonyl (C=O) groups is 2. The Morgan fingerprint density at radius 2 is 2.00 bits per heavy atom. The van der Waals surface area contributed by atoms with Crippen LogP contribution in [0.4, 0.5) is 11.4 Å². The van der Waals surface area contributed by atoms with Crippen LogP contribution in [0.3, 0.4) is 0 Å². The Hall–Kier alpha value is -2.31. The third kappa shape index (κ3) is 4.51. The molecule has 2 amide bonds. The molecule has 5 nitrogen and oxygen atoms in total. The number of rotatable bonds is 6. The first-order valence-electron chi connectivity index (χ1n) is 8.92. The van der Waals surface area contributed by atoms with Gasteiger partial charge in [-0.05, 0) is 41.3 Å². The molecular formula is C21H24N2O3S. The van der Waals surface area contributed by atoms with Gasteiger partial charge in [0.1, 0.15) is 12.0 Å². The zero-order valence-corrected chi connectivity index (χ0v) is 16.6. The van der Waals surface area contributed by atoms with Crippen LogP contribution >= 0.6 is 11.8 Å². The minimum absolute atomic E-state index is 0.00914. The first-order chi connectivity index (χ1) is 13.0. The number of hydrogen-bond donors (Lipinski definition) is 1. The third-order valence-electron chi connectivity index (χ3n) is 4.44. The Morgan fingerprint density at radius 3 is 2.67 bits per heavy atom. The van der Waals surface area contributed by atoms with E-state index in [1.54, 1.807) is 11.8 Å². The summed E-state index contributed by atoms with van der Waals surface area (Å²) in [6, 6.07) is 15.8. The van der Waals surface area contributed by atoms with Crippen molar-refractivity contribution < 1.29 is 14.3 Å². The van der Waals surface area contributed by atoms with Gasteiger partial charge in [0.2, 0.25) is 11.8 Å². The van der Waals surface area contributed by atoms with E-state index >= 15 is 0 Å². The first kappa shape index (κ1) is 19.5. The maximum absolute atomic E-state index is 12.5. The van der Waals surface area contributed by atoms with Crippen molar-refractivity contribution in [3.8, 4) is 0 Å². The van der Waals surface area contributed by atoms with E-state index in [1.807, 2.05) is 41.3 Å². The summed E-state index contributed by atoms with van der Waals surface area (Å²) in [5.74, 6) is 0.782. The fourth-order valence-corrected chi connectivity index (χ4v) is 4.23. The highest BCUT2D eigenvalue weighted by molar-refractivity contribution is 8.00. The summed E-state index contributed by atoms with van der Waals surface area (Å²) in [4.78, 5) is 26.1. The van der Waals surface area contributed by atoms with Crippen molar-refractivity contribution in [2.45, 2.75) is 25.1 Å². The largest absolute Gasteiger partial charge is 0.375 e. The summed E-state index contributed by atoms with van der Waals surface area (Å²) in [6.07, 6.45) is 0. The molecule has 27 heavy (non-hydrogen) atoms. The summed E-state index contributed by atoms with van der Waals surface area (Å²) in [5.41, 5.74) is 3.82. The van der Waals surface area contributed by atoms with Crippen molar-refractivity contribution in [1.29, 1.82) is 0 Å².